The number of pyridine rings is 1. The van der Waals surface area contributed by atoms with Crippen molar-refractivity contribution in [2.45, 2.75) is 32.2 Å². The van der Waals surface area contributed by atoms with Gasteiger partial charge in [0.2, 0.25) is 5.91 Å². The Kier molecular flexibility index (Phi) is 5.69. The van der Waals surface area contributed by atoms with E-state index in [0.29, 0.717) is 11.5 Å². The number of hydrogen-bond acceptors (Lipinski definition) is 3. The highest BCUT2D eigenvalue weighted by molar-refractivity contribution is 5.93. The largest absolute Gasteiger partial charge is 0.366 e. The van der Waals surface area contributed by atoms with Gasteiger partial charge in [-0.3, -0.25) is 14.7 Å². The van der Waals surface area contributed by atoms with Crippen molar-refractivity contribution in [2.24, 2.45) is 11.7 Å². The molecule has 0 radical (unpaired) electrons. The number of nitrogens with two attached hydrogens (primary N) is 1. The minimum Gasteiger partial charge on any atom is -0.366 e. The summed E-state index contributed by atoms with van der Waals surface area (Å²) in [5.74, 6) is 0.0979. The van der Waals surface area contributed by atoms with Crippen molar-refractivity contribution < 1.29 is 4.79 Å². The van der Waals surface area contributed by atoms with Gasteiger partial charge in [0, 0.05) is 31.0 Å². The lowest BCUT2D eigenvalue weighted by molar-refractivity contribution is 0.0996. The molecule has 1 aliphatic rings. The second kappa shape index (κ2) is 8.41. The van der Waals surface area contributed by atoms with E-state index in [0.717, 1.165) is 26.1 Å². The first kappa shape index (κ1) is 20.3. The monoisotopic (exact) mass is 399 g/mol. The van der Waals surface area contributed by atoms with E-state index in [2.05, 4.69) is 66.2 Å². The second-order valence-electron chi connectivity index (χ2n) is 8.64. The molecule has 3 aromatic rings. The third-order valence-electron chi connectivity index (χ3n) is 6.78. The van der Waals surface area contributed by atoms with Crippen LogP contribution in [0.4, 0.5) is 0 Å². The van der Waals surface area contributed by atoms with Crippen LogP contribution in [-0.4, -0.2) is 28.9 Å². The van der Waals surface area contributed by atoms with Gasteiger partial charge in [-0.1, -0.05) is 50.2 Å². The lowest BCUT2D eigenvalue weighted by Crippen LogP contribution is -2.47. The lowest BCUT2D eigenvalue weighted by Gasteiger charge is -2.45. The number of amides is 1. The minimum absolute atomic E-state index is 0.0343. The number of hydrogen-bond donors (Lipinski definition) is 1. The molecule has 4 heteroatoms. The average Bonchev–Trinajstić information content (AvgIpc) is 2.77. The van der Waals surface area contributed by atoms with E-state index in [9.17, 15) is 4.79 Å². The number of benzene rings is 2. The van der Waals surface area contributed by atoms with Crippen LogP contribution in [0.2, 0.25) is 0 Å². The molecule has 0 aliphatic carbocycles. The number of rotatable bonds is 5. The summed E-state index contributed by atoms with van der Waals surface area (Å²) in [6.07, 6.45) is 4.75. The van der Waals surface area contributed by atoms with Crippen LogP contribution in [-0.2, 0) is 12.0 Å². The van der Waals surface area contributed by atoms with Gasteiger partial charge in [-0.2, -0.15) is 0 Å². The third-order valence-corrected chi connectivity index (χ3v) is 6.78. The van der Waals surface area contributed by atoms with Gasteiger partial charge in [0.1, 0.15) is 0 Å². The summed E-state index contributed by atoms with van der Waals surface area (Å²) < 4.78 is 0. The molecule has 1 aliphatic heterocycles. The van der Waals surface area contributed by atoms with Crippen molar-refractivity contribution in [2.75, 3.05) is 13.1 Å². The maximum absolute atomic E-state index is 11.6. The average molecular weight is 400 g/mol. The molecule has 1 aromatic heterocycles. The van der Waals surface area contributed by atoms with Gasteiger partial charge in [-0.15, -0.1) is 0 Å². The van der Waals surface area contributed by atoms with Gasteiger partial charge in [-0.25, -0.2) is 0 Å². The van der Waals surface area contributed by atoms with Crippen molar-refractivity contribution >= 4 is 5.91 Å². The van der Waals surface area contributed by atoms with E-state index in [1.54, 1.807) is 6.07 Å². The van der Waals surface area contributed by atoms with Crippen LogP contribution < -0.4 is 5.73 Å². The van der Waals surface area contributed by atoms with Crippen molar-refractivity contribution in [3.63, 3.8) is 0 Å². The van der Waals surface area contributed by atoms with Crippen LogP contribution in [0.25, 0.3) is 11.1 Å². The zero-order chi connectivity index (χ0) is 21.1. The van der Waals surface area contributed by atoms with Crippen molar-refractivity contribution in [3.8, 4) is 11.1 Å². The van der Waals surface area contributed by atoms with E-state index in [1.165, 1.54) is 22.3 Å². The summed E-state index contributed by atoms with van der Waals surface area (Å²) in [4.78, 5) is 18.3. The molecule has 4 rings (SSSR count). The van der Waals surface area contributed by atoms with Crippen molar-refractivity contribution in [1.29, 1.82) is 0 Å². The molecule has 30 heavy (non-hydrogen) atoms. The smallest absolute Gasteiger partial charge is 0.248 e. The molecule has 2 unspecified atom stereocenters. The number of aromatic nitrogens is 1. The maximum Gasteiger partial charge on any atom is 0.248 e. The molecule has 2 heterocycles. The minimum atomic E-state index is -0.363. The standard InChI is InChI=1S/C26H29N3O/c1-19-17-29(15-12-26(19,2)23-8-5-7-21(16-23)25(27)30)18-22-6-3-4-9-24(22)20-10-13-28-14-11-20/h3-11,13-14,16,19H,12,15,17-18H2,1-2H3,(H2,27,30). The first-order chi connectivity index (χ1) is 14.5. The Hall–Kier alpha value is -2.98. The summed E-state index contributed by atoms with van der Waals surface area (Å²) in [5.41, 5.74) is 11.2. The fraction of sp³-hybridized carbons (Fsp3) is 0.308. The summed E-state index contributed by atoms with van der Waals surface area (Å²) in [5, 5.41) is 0. The summed E-state index contributed by atoms with van der Waals surface area (Å²) in [7, 11) is 0. The highest BCUT2D eigenvalue weighted by Crippen LogP contribution is 2.40. The Bertz CT molecular complexity index is 1030. The summed E-state index contributed by atoms with van der Waals surface area (Å²) >= 11 is 0. The molecule has 2 N–H and O–H groups in total. The number of primary amides is 1. The number of nitrogens with zero attached hydrogens (tertiary/aromatic N) is 2. The number of likely N-dealkylation sites (tertiary alicyclic amines) is 1. The quantitative estimate of drug-likeness (QED) is 0.679. The van der Waals surface area contributed by atoms with E-state index in [4.69, 9.17) is 5.73 Å². The van der Waals surface area contributed by atoms with Crippen LogP contribution in [0.15, 0.2) is 73.1 Å². The molecule has 1 amide bonds. The van der Waals surface area contributed by atoms with Crippen LogP contribution in [0.3, 0.4) is 0 Å². The molecule has 0 saturated carbocycles. The van der Waals surface area contributed by atoms with Crippen molar-refractivity contribution in [3.05, 3.63) is 89.7 Å². The molecule has 4 nitrogen and oxygen atoms in total. The maximum atomic E-state index is 11.6. The second-order valence-corrected chi connectivity index (χ2v) is 8.64. The first-order valence-corrected chi connectivity index (χ1v) is 10.6. The first-order valence-electron chi connectivity index (χ1n) is 10.6. The van der Waals surface area contributed by atoms with Gasteiger partial charge in [0.05, 0.1) is 0 Å². The predicted molar refractivity (Wildman–Crippen MR) is 121 cm³/mol. The van der Waals surface area contributed by atoms with Gasteiger partial charge >= 0.3 is 0 Å². The summed E-state index contributed by atoms with van der Waals surface area (Å²) in [6, 6.07) is 20.6. The predicted octanol–water partition coefficient (Wildman–Crippen LogP) is 4.65. The normalized spacial score (nSPS) is 22.0. The van der Waals surface area contributed by atoms with Crippen LogP contribution >= 0.6 is 0 Å². The van der Waals surface area contributed by atoms with Crippen molar-refractivity contribution in [1.82, 2.24) is 9.88 Å². The molecule has 2 atom stereocenters. The SMILES string of the molecule is CC1CN(Cc2ccccc2-c2ccncc2)CCC1(C)c1cccc(C(N)=O)c1. The molecular formula is C26H29N3O. The highest BCUT2D eigenvalue weighted by Gasteiger charge is 2.38. The van der Waals surface area contributed by atoms with Crippen LogP contribution in [0.5, 0.6) is 0 Å². The summed E-state index contributed by atoms with van der Waals surface area (Å²) in [6.45, 7) is 7.60. The van der Waals surface area contributed by atoms with Gasteiger partial charge in [-0.05, 0) is 70.8 Å². The Balaban J connectivity index is 1.52. The van der Waals surface area contributed by atoms with E-state index >= 15 is 0 Å². The van der Waals surface area contributed by atoms with Gasteiger partial charge in [0.25, 0.3) is 0 Å². The zero-order valence-electron chi connectivity index (χ0n) is 17.7. The number of carbonyl (C=O) groups excluding carboxylic acids is 1. The number of piperidine rings is 1. The lowest BCUT2D eigenvalue weighted by atomic mass is 9.67. The Morgan fingerprint density at radius 2 is 1.90 bits per heavy atom. The molecule has 154 valence electrons. The third kappa shape index (κ3) is 4.01. The Labute approximate surface area is 178 Å². The molecular weight excluding hydrogens is 370 g/mol. The Morgan fingerprint density at radius 3 is 2.63 bits per heavy atom. The number of carbonyl (C=O) groups is 1. The molecule has 1 fully saturated rings. The highest BCUT2D eigenvalue weighted by atomic mass is 16.1. The molecule has 1 saturated heterocycles. The van der Waals surface area contributed by atoms with Crippen LogP contribution in [0, 0.1) is 5.92 Å². The topological polar surface area (TPSA) is 59.2 Å². The van der Waals surface area contributed by atoms with Crippen LogP contribution in [0.1, 0.15) is 41.8 Å². The van der Waals surface area contributed by atoms with Gasteiger partial charge < -0.3 is 5.73 Å². The zero-order valence-corrected chi connectivity index (χ0v) is 17.7. The van der Waals surface area contributed by atoms with E-state index in [-0.39, 0.29) is 11.3 Å². The Morgan fingerprint density at radius 1 is 1.13 bits per heavy atom. The fourth-order valence-corrected chi connectivity index (χ4v) is 4.63. The molecule has 2 aromatic carbocycles. The fourth-order valence-electron chi connectivity index (χ4n) is 4.63. The molecule has 0 bridgehead atoms. The van der Waals surface area contributed by atoms with E-state index in [1.807, 2.05) is 24.5 Å². The van der Waals surface area contributed by atoms with E-state index < -0.39 is 0 Å². The molecule has 0 spiro atoms. The van der Waals surface area contributed by atoms with Gasteiger partial charge in [0.15, 0.2) is 0 Å².